The second-order valence-corrected chi connectivity index (χ2v) is 6.78. The third-order valence-electron chi connectivity index (χ3n) is 5.06. The number of ether oxygens (including phenoxy) is 2. The number of anilines is 1. The fourth-order valence-electron chi connectivity index (χ4n) is 3.68. The minimum atomic E-state index is -0.517. The number of hydrogen-bond donors (Lipinski definition) is 3. The number of carbonyl (C=O) groups excluding carboxylic acids is 1. The van der Waals surface area contributed by atoms with E-state index in [1.54, 1.807) is 17.0 Å². The first-order valence-corrected chi connectivity index (χ1v) is 8.96. The largest absolute Gasteiger partial charge is 0.504 e. The third kappa shape index (κ3) is 3.14. The summed E-state index contributed by atoms with van der Waals surface area (Å²) < 4.78 is 10.9. The smallest absolute Gasteiger partial charge is 0.257 e. The maximum absolute atomic E-state index is 13.2. The lowest BCUT2D eigenvalue weighted by molar-refractivity contribution is 0.0426. The molecule has 2 aromatic carbocycles. The average molecular weight is 370 g/mol. The van der Waals surface area contributed by atoms with Gasteiger partial charge in [-0.1, -0.05) is 12.1 Å². The molecule has 2 atom stereocenters. The third-order valence-corrected chi connectivity index (χ3v) is 5.06. The number of aromatic hydroxyl groups is 2. The molecule has 2 unspecified atom stereocenters. The Balaban J connectivity index is 1.76. The normalized spacial score (nSPS) is 21.7. The molecule has 2 aliphatic rings. The molecular formula is C20H22N2O5. The summed E-state index contributed by atoms with van der Waals surface area (Å²) in [7, 11) is 1.41. The maximum Gasteiger partial charge on any atom is 0.257 e. The van der Waals surface area contributed by atoms with Crippen molar-refractivity contribution < 1.29 is 24.5 Å². The number of para-hydroxylation sites is 1. The Morgan fingerprint density at radius 1 is 1.30 bits per heavy atom. The Labute approximate surface area is 157 Å². The molecule has 0 radical (unpaired) electrons. The van der Waals surface area contributed by atoms with Crippen LogP contribution in [0.4, 0.5) is 5.69 Å². The lowest BCUT2D eigenvalue weighted by Gasteiger charge is -2.39. The quantitative estimate of drug-likeness (QED) is 0.717. The Kier molecular flexibility index (Phi) is 4.53. The average Bonchev–Trinajstić information content (AvgIpc) is 3.19. The molecule has 27 heavy (non-hydrogen) atoms. The van der Waals surface area contributed by atoms with Crippen molar-refractivity contribution in [1.82, 2.24) is 4.90 Å². The van der Waals surface area contributed by atoms with Crippen LogP contribution >= 0.6 is 0 Å². The predicted molar refractivity (Wildman–Crippen MR) is 99.1 cm³/mol. The van der Waals surface area contributed by atoms with Crippen LogP contribution in [0.2, 0.25) is 0 Å². The number of rotatable bonds is 4. The second-order valence-electron chi connectivity index (χ2n) is 6.78. The van der Waals surface area contributed by atoms with Crippen LogP contribution in [0, 0.1) is 0 Å². The highest BCUT2D eigenvalue weighted by Crippen LogP contribution is 2.41. The molecule has 142 valence electrons. The van der Waals surface area contributed by atoms with Gasteiger partial charge in [0.15, 0.2) is 11.5 Å². The highest BCUT2D eigenvalue weighted by atomic mass is 16.5. The van der Waals surface area contributed by atoms with Gasteiger partial charge in [-0.3, -0.25) is 4.79 Å². The first-order valence-electron chi connectivity index (χ1n) is 8.96. The Morgan fingerprint density at radius 2 is 2.11 bits per heavy atom. The number of fused-ring (bicyclic) bond motifs is 1. The van der Waals surface area contributed by atoms with E-state index in [0.29, 0.717) is 24.3 Å². The van der Waals surface area contributed by atoms with Crippen LogP contribution in [0.25, 0.3) is 0 Å². The van der Waals surface area contributed by atoms with Gasteiger partial charge in [0.05, 0.1) is 18.8 Å². The highest BCUT2D eigenvalue weighted by Gasteiger charge is 2.35. The molecule has 7 heteroatoms. The van der Waals surface area contributed by atoms with Crippen molar-refractivity contribution in [3.8, 4) is 17.2 Å². The molecule has 3 N–H and O–H groups in total. The van der Waals surface area contributed by atoms with Crippen molar-refractivity contribution in [2.24, 2.45) is 0 Å². The first kappa shape index (κ1) is 17.5. The Hall–Kier alpha value is -2.93. The molecule has 0 aromatic heterocycles. The molecule has 1 fully saturated rings. The summed E-state index contributed by atoms with van der Waals surface area (Å²) in [6.45, 7) is 1.14. The minimum absolute atomic E-state index is 0.0175. The van der Waals surface area contributed by atoms with Crippen molar-refractivity contribution in [3.63, 3.8) is 0 Å². The lowest BCUT2D eigenvalue weighted by Crippen LogP contribution is -2.46. The monoisotopic (exact) mass is 370 g/mol. The highest BCUT2D eigenvalue weighted by molar-refractivity contribution is 6.01. The van der Waals surface area contributed by atoms with E-state index in [2.05, 4.69) is 5.32 Å². The number of hydrogen-bond acceptors (Lipinski definition) is 6. The van der Waals surface area contributed by atoms with Gasteiger partial charge in [-0.2, -0.15) is 0 Å². The molecule has 1 amide bonds. The number of benzene rings is 2. The zero-order chi connectivity index (χ0) is 19.0. The molecule has 2 aromatic rings. The number of nitrogens with zero attached hydrogens (tertiary/aromatic N) is 1. The number of carbonyl (C=O) groups is 1. The number of amides is 1. The van der Waals surface area contributed by atoms with E-state index in [-0.39, 0.29) is 29.3 Å². The van der Waals surface area contributed by atoms with Gasteiger partial charge in [0.1, 0.15) is 6.17 Å². The molecule has 0 bridgehead atoms. The fourth-order valence-corrected chi connectivity index (χ4v) is 3.68. The van der Waals surface area contributed by atoms with Crippen LogP contribution in [0.15, 0.2) is 36.4 Å². The lowest BCUT2D eigenvalue weighted by atomic mass is 10.0. The maximum atomic E-state index is 13.2. The molecule has 0 spiro atoms. The zero-order valence-corrected chi connectivity index (χ0v) is 15.0. The predicted octanol–water partition coefficient (Wildman–Crippen LogP) is 2.85. The van der Waals surface area contributed by atoms with Crippen molar-refractivity contribution in [2.45, 2.75) is 25.1 Å². The van der Waals surface area contributed by atoms with Crippen LogP contribution in [-0.4, -0.2) is 47.4 Å². The summed E-state index contributed by atoms with van der Waals surface area (Å²) >= 11 is 0. The molecule has 0 aliphatic carbocycles. The summed E-state index contributed by atoms with van der Waals surface area (Å²) in [5.74, 6) is -0.574. The van der Waals surface area contributed by atoms with Crippen molar-refractivity contribution in [3.05, 3.63) is 47.5 Å². The van der Waals surface area contributed by atoms with Gasteiger partial charge in [0.25, 0.3) is 5.91 Å². The van der Waals surface area contributed by atoms with E-state index in [1.807, 2.05) is 18.2 Å². The fraction of sp³-hybridized carbons (Fsp3) is 0.350. The Bertz CT molecular complexity index is 863. The van der Waals surface area contributed by atoms with Crippen molar-refractivity contribution in [1.29, 1.82) is 0 Å². The number of phenolic OH excluding ortho intramolecular Hbond substituents is 2. The van der Waals surface area contributed by atoms with Crippen LogP contribution in [0.5, 0.6) is 17.2 Å². The molecule has 0 saturated carbocycles. The number of methoxy groups -OCH3 is 1. The van der Waals surface area contributed by atoms with Crippen molar-refractivity contribution >= 4 is 11.6 Å². The van der Waals surface area contributed by atoms with E-state index in [4.69, 9.17) is 9.47 Å². The molecule has 7 nitrogen and oxygen atoms in total. The first-order chi connectivity index (χ1) is 13.1. The number of nitrogens with one attached hydrogen (secondary N) is 1. The van der Waals surface area contributed by atoms with E-state index < -0.39 is 6.17 Å². The van der Waals surface area contributed by atoms with Gasteiger partial charge in [-0.05, 0) is 37.1 Å². The van der Waals surface area contributed by atoms with Gasteiger partial charge in [0, 0.05) is 24.4 Å². The van der Waals surface area contributed by atoms with Gasteiger partial charge in [-0.25, -0.2) is 0 Å². The summed E-state index contributed by atoms with van der Waals surface area (Å²) in [6, 6.07) is 10.4. The van der Waals surface area contributed by atoms with Gasteiger partial charge >= 0.3 is 0 Å². The molecular weight excluding hydrogens is 348 g/mol. The van der Waals surface area contributed by atoms with E-state index in [0.717, 1.165) is 18.5 Å². The molecule has 2 heterocycles. The van der Waals surface area contributed by atoms with Gasteiger partial charge in [-0.15, -0.1) is 0 Å². The second kappa shape index (κ2) is 7.00. The summed E-state index contributed by atoms with van der Waals surface area (Å²) in [5.41, 5.74) is 1.94. The topological polar surface area (TPSA) is 91.3 Å². The summed E-state index contributed by atoms with van der Waals surface area (Å²) in [6.07, 6.45) is 1.35. The zero-order valence-electron chi connectivity index (χ0n) is 15.0. The van der Waals surface area contributed by atoms with Gasteiger partial charge in [0.2, 0.25) is 5.75 Å². The van der Waals surface area contributed by atoms with Crippen LogP contribution in [0.3, 0.4) is 0 Å². The minimum Gasteiger partial charge on any atom is -0.504 e. The van der Waals surface area contributed by atoms with E-state index in [1.165, 1.54) is 13.2 Å². The molecule has 2 aliphatic heterocycles. The van der Waals surface area contributed by atoms with Crippen LogP contribution < -0.4 is 10.1 Å². The Morgan fingerprint density at radius 3 is 2.85 bits per heavy atom. The van der Waals surface area contributed by atoms with Crippen molar-refractivity contribution in [2.75, 3.05) is 25.6 Å². The van der Waals surface area contributed by atoms with Gasteiger partial charge < -0.3 is 29.9 Å². The SMILES string of the molecule is COc1cc(C2Nc3ccccc3C(=O)N2CC2CCCO2)cc(O)c1O. The van der Waals surface area contributed by atoms with E-state index >= 15 is 0 Å². The van der Waals surface area contributed by atoms with E-state index in [9.17, 15) is 15.0 Å². The summed E-state index contributed by atoms with van der Waals surface area (Å²) in [4.78, 5) is 14.9. The molecule has 4 rings (SSSR count). The summed E-state index contributed by atoms with van der Waals surface area (Å²) in [5, 5.41) is 23.4. The molecule has 1 saturated heterocycles. The standard InChI is InChI=1S/C20H22N2O5/c1-26-17-10-12(9-16(23)18(17)24)19-21-15-7-3-2-6-14(15)20(25)22(19)11-13-5-4-8-27-13/h2-3,6-7,9-10,13,19,21,23-24H,4-5,8,11H2,1H3. The van der Waals surface area contributed by atoms with Crippen LogP contribution in [0.1, 0.15) is 34.9 Å². The number of phenols is 2. The van der Waals surface area contributed by atoms with Crippen LogP contribution in [-0.2, 0) is 4.74 Å².